The van der Waals surface area contributed by atoms with Crippen LogP contribution in [0.3, 0.4) is 0 Å². The van der Waals surface area contributed by atoms with Gasteiger partial charge in [0.1, 0.15) is 12.1 Å². The molecule has 15 heteroatoms. The van der Waals surface area contributed by atoms with Crippen molar-refractivity contribution in [2.45, 2.75) is 55.1 Å². The lowest BCUT2D eigenvalue weighted by molar-refractivity contribution is -0.142. The van der Waals surface area contributed by atoms with Crippen molar-refractivity contribution in [3.8, 4) is 6.07 Å². The molecule has 0 radical (unpaired) electrons. The Labute approximate surface area is 282 Å². The molecule has 2 saturated heterocycles. The van der Waals surface area contributed by atoms with Crippen molar-refractivity contribution in [3.05, 3.63) is 87.7 Å². The van der Waals surface area contributed by atoms with Crippen LogP contribution in [0.25, 0.3) is 0 Å². The number of nitrogens with zero attached hydrogens (tertiary/aromatic N) is 4. The first kappa shape index (κ1) is 34.3. The monoisotopic (exact) mass is 698 g/mol. The van der Waals surface area contributed by atoms with Gasteiger partial charge in [0, 0.05) is 37.1 Å². The molecule has 2 fully saturated rings. The highest BCUT2D eigenvalue weighted by atomic mass is 35.5. The van der Waals surface area contributed by atoms with E-state index in [4.69, 9.17) is 23.2 Å². The van der Waals surface area contributed by atoms with Crippen molar-refractivity contribution in [1.82, 2.24) is 19.5 Å². The van der Waals surface area contributed by atoms with Gasteiger partial charge in [0.15, 0.2) is 0 Å². The zero-order chi connectivity index (χ0) is 33.7. The fourth-order valence-corrected chi connectivity index (χ4v) is 8.17. The summed E-state index contributed by atoms with van der Waals surface area (Å²) in [6.45, 7) is 1.64. The zero-order valence-electron chi connectivity index (χ0n) is 25.1. The van der Waals surface area contributed by atoms with E-state index >= 15 is 0 Å². The van der Waals surface area contributed by atoms with Crippen LogP contribution in [-0.2, 0) is 26.0 Å². The molecule has 246 valence electrons. The van der Waals surface area contributed by atoms with Crippen LogP contribution in [0.5, 0.6) is 0 Å². The Bertz CT molecular complexity index is 1790. The maximum atomic E-state index is 13.8. The Morgan fingerprint density at radius 1 is 1.04 bits per heavy atom. The minimum atomic E-state index is -4.20. The molecule has 3 atom stereocenters. The number of amides is 2. The number of carboxylic acid groups (broad SMARTS) is 1. The second-order valence-corrected chi connectivity index (χ2v) is 14.2. The van der Waals surface area contributed by atoms with Gasteiger partial charge in [-0.3, -0.25) is 19.5 Å². The van der Waals surface area contributed by atoms with Crippen LogP contribution >= 0.6 is 23.2 Å². The first-order valence-electron chi connectivity index (χ1n) is 15.0. The highest BCUT2D eigenvalue weighted by Crippen LogP contribution is 2.31. The number of pyridine rings is 1. The fraction of sp³-hybridized carbons (Fsp3) is 0.344. The van der Waals surface area contributed by atoms with Crippen LogP contribution in [0.2, 0.25) is 10.0 Å². The molecule has 5 rings (SSSR count). The highest BCUT2D eigenvalue weighted by molar-refractivity contribution is 7.89. The average molecular weight is 700 g/mol. The normalized spacial score (nSPS) is 19.4. The van der Waals surface area contributed by atoms with Gasteiger partial charge in [-0.2, -0.15) is 9.57 Å². The van der Waals surface area contributed by atoms with E-state index in [-0.39, 0.29) is 51.5 Å². The van der Waals surface area contributed by atoms with E-state index in [1.165, 1.54) is 36.7 Å². The first-order valence-corrected chi connectivity index (χ1v) is 17.2. The van der Waals surface area contributed by atoms with E-state index < -0.39 is 39.9 Å². The van der Waals surface area contributed by atoms with Gasteiger partial charge in [0.25, 0.3) is 5.91 Å². The Kier molecular flexibility index (Phi) is 10.8. The van der Waals surface area contributed by atoms with Gasteiger partial charge in [-0.1, -0.05) is 47.8 Å². The summed E-state index contributed by atoms with van der Waals surface area (Å²) in [5.74, 6) is -2.56. The van der Waals surface area contributed by atoms with Crippen molar-refractivity contribution in [3.63, 3.8) is 0 Å². The van der Waals surface area contributed by atoms with Gasteiger partial charge >= 0.3 is 5.97 Å². The summed E-state index contributed by atoms with van der Waals surface area (Å²) in [4.78, 5) is 44.6. The molecule has 0 aliphatic carbocycles. The van der Waals surface area contributed by atoms with E-state index in [2.05, 4.69) is 20.5 Å². The smallest absolute Gasteiger partial charge is 0.326 e. The topological polar surface area (TPSA) is 173 Å². The summed E-state index contributed by atoms with van der Waals surface area (Å²) in [6.07, 6.45) is 5.72. The predicted molar refractivity (Wildman–Crippen MR) is 175 cm³/mol. The van der Waals surface area contributed by atoms with Crippen molar-refractivity contribution in [2.24, 2.45) is 0 Å². The standard InChI is InChI=1S/C32H32Cl2N6O6S/c33-25-17-36-18-26(34)29(25)31(42)37-22-9-7-20(8-10-22)14-27(32(43)44)38-30(41)28-15-23(39-11-2-1-3-12-39)19-40(28)47(45,46)24-6-4-5-21(13-24)16-35/h4-10,13,17-18,23,27-28H,1-3,11-12,14-15,19H2,(H,37,42)(H,38,41)(H,43,44)/t23?,27-,28-/m0/s1. The number of nitriles is 1. The summed E-state index contributed by atoms with van der Waals surface area (Å²) >= 11 is 12.1. The molecule has 0 spiro atoms. The number of halogens is 2. The quantitative estimate of drug-likeness (QED) is 0.283. The molecule has 1 unspecified atom stereocenters. The zero-order valence-corrected chi connectivity index (χ0v) is 27.4. The number of carboxylic acids is 1. The third-order valence-electron chi connectivity index (χ3n) is 8.36. The lowest BCUT2D eigenvalue weighted by Crippen LogP contribution is -2.51. The predicted octanol–water partition coefficient (Wildman–Crippen LogP) is 3.94. The number of piperidine rings is 1. The number of aromatic nitrogens is 1. The number of aliphatic carboxylic acids is 1. The number of carbonyl (C=O) groups is 3. The van der Waals surface area contributed by atoms with Gasteiger partial charge in [-0.05, 0) is 68.2 Å². The maximum absolute atomic E-state index is 13.8. The molecule has 2 aliphatic heterocycles. The van der Waals surface area contributed by atoms with Gasteiger partial charge in [-0.15, -0.1) is 0 Å². The molecule has 47 heavy (non-hydrogen) atoms. The third kappa shape index (κ3) is 7.91. The molecule has 3 N–H and O–H groups in total. The Morgan fingerprint density at radius 3 is 2.36 bits per heavy atom. The number of hydrogen-bond acceptors (Lipinski definition) is 8. The molecule has 2 aromatic carbocycles. The lowest BCUT2D eigenvalue weighted by Gasteiger charge is -2.32. The number of rotatable bonds is 10. The molecule has 2 amide bonds. The van der Waals surface area contributed by atoms with Crippen LogP contribution in [0, 0.1) is 11.3 Å². The van der Waals surface area contributed by atoms with Crippen LogP contribution in [-0.4, -0.2) is 83.3 Å². The third-order valence-corrected chi connectivity index (χ3v) is 10.8. The van der Waals surface area contributed by atoms with Gasteiger partial charge in [-0.25, -0.2) is 13.2 Å². The molecular weight excluding hydrogens is 667 g/mol. The Hall–Kier alpha value is -4.06. The van der Waals surface area contributed by atoms with Crippen molar-refractivity contribution in [1.29, 1.82) is 5.26 Å². The first-order chi connectivity index (χ1) is 22.5. The largest absolute Gasteiger partial charge is 0.480 e. The molecule has 3 heterocycles. The molecular formula is C32H32Cl2N6O6S. The second kappa shape index (κ2) is 14.8. The number of carbonyl (C=O) groups excluding carboxylic acids is 2. The second-order valence-electron chi connectivity index (χ2n) is 11.4. The number of likely N-dealkylation sites (tertiary alicyclic amines) is 1. The minimum absolute atomic E-state index is 0.0596. The van der Waals surface area contributed by atoms with Crippen molar-refractivity contribution >= 4 is 56.7 Å². The summed E-state index contributed by atoms with van der Waals surface area (Å²) < 4.78 is 28.8. The van der Waals surface area contributed by atoms with Gasteiger partial charge < -0.3 is 15.7 Å². The maximum Gasteiger partial charge on any atom is 0.326 e. The molecule has 2 aliphatic rings. The minimum Gasteiger partial charge on any atom is -0.480 e. The fourth-order valence-electron chi connectivity index (χ4n) is 5.95. The number of benzene rings is 2. The van der Waals surface area contributed by atoms with E-state index in [0.29, 0.717) is 11.3 Å². The number of hydrogen-bond donors (Lipinski definition) is 3. The molecule has 0 saturated carbocycles. The Morgan fingerprint density at radius 2 is 1.72 bits per heavy atom. The number of nitrogens with one attached hydrogen (secondary N) is 2. The summed E-state index contributed by atoms with van der Waals surface area (Å²) in [5.41, 5.74) is 1.17. The van der Waals surface area contributed by atoms with Gasteiger partial charge in [0.2, 0.25) is 15.9 Å². The van der Waals surface area contributed by atoms with Crippen LogP contribution in [0.15, 0.2) is 65.8 Å². The number of sulfonamides is 1. The average Bonchev–Trinajstić information content (AvgIpc) is 3.52. The lowest BCUT2D eigenvalue weighted by atomic mass is 10.0. The highest BCUT2D eigenvalue weighted by Gasteiger charge is 2.46. The van der Waals surface area contributed by atoms with Crippen LogP contribution in [0.1, 0.15) is 47.2 Å². The molecule has 3 aromatic rings. The Balaban J connectivity index is 1.32. The van der Waals surface area contributed by atoms with E-state index in [9.17, 15) is 33.2 Å². The van der Waals surface area contributed by atoms with Crippen LogP contribution in [0.4, 0.5) is 5.69 Å². The molecule has 12 nitrogen and oxygen atoms in total. The molecule has 1 aromatic heterocycles. The van der Waals surface area contributed by atoms with Crippen LogP contribution < -0.4 is 10.6 Å². The SMILES string of the molecule is N#Cc1cccc(S(=O)(=O)N2CC(N3CCCCC3)C[C@H]2C(=O)N[C@@H](Cc2ccc(NC(=O)c3c(Cl)cncc3Cl)cc2)C(=O)O)c1. The van der Waals surface area contributed by atoms with E-state index in [0.717, 1.165) is 36.7 Å². The van der Waals surface area contributed by atoms with Crippen molar-refractivity contribution < 1.29 is 27.9 Å². The van der Waals surface area contributed by atoms with E-state index in [1.807, 2.05) is 6.07 Å². The van der Waals surface area contributed by atoms with E-state index in [1.54, 1.807) is 24.3 Å². The number of anilines is 1. The van der Waals surface area contributed by atoms with Crippen molar-refractivity contribution in [2.75, 3.05) is 25.0 Å². The summed E-state index contributed by atoms with van der Waals surface area (Å²) in [6, 6.07) is 11.2. The molecule has 0 bridgehead atoms. The summed E-state index contributed by atoms with van der Waals surface area (Å²) in [7, 11) is -4.20. The summed E-state index contributed by atoms with van der Waals surface area (Å²) in [5, 5.41) is 24.8. The van der Waals surface area contributed by atoms with Gasteiger partial charge in [0.05, 0.1) is 32.1 Å².